The molecule has 0 aliphatic rings. The minimum absolute atomic E-state index is 0.831. The summed E-state index contributed by atoms with van der Waals surface area (Å²) in [5.41, 5.74) is 8.51. The summed E-state index contributed by atoms with van der Waals surface area (Å²) in [6.07, 6.45) is 3.71. The molecule has 0 aliphatic carbocycles. The Morgan fingerprint density at radius 2 is 1.04 bits per heavy atom. The standard InChI is InChI=1S/C50H32N3OP/c54-55(41-13-3-1-4-14-41,42-15-5-2-6-16-42)43-22-19-36-26-35(17-18-37(36)27-43)38-21-24-48-45(29-38)44-28-33-10-7-8-11-34(33)30-46(44)50-52-47-23-20-39(31-49(47)53(48)50)40-12-9-25-51-32-40/h1-32H. The van der Waals surface area contributed by atoms with Crippen LogP contribution in [0.4, 0.5) is 0 Å². The number of hydrogen-bond acceptors (Lipinski definition) is 3. The molecule has 0 unspecified atom stereocenters. The summed E-state index contributed by atoms with van der Waals surface area (Å²) in [5, 5.41) is 10.5. The Kier molecular flexibility index (Phi) is 7.10. The molecule has 4 nitrogen and oxygen atoms in total. The summed E-state index contributed by atoms with van der Waals surface area (Å²) in [6.45, 7) is 0. The highest BCUT2D eigenvalue weighted by Gasteiger charge is 2.29. The SMILES string of the molecule is O=P(c1ccccc1)(c1ccccc1)c1ccc2cc(-c3ccc4c(c3)c3cc5ccccc5cc3c3nc5ccc(-c6cccnc6)cc5n43)ccc2c1. The number of benzene rings is 8. The van der Waals surface area contributed by atoms with E-state index in [9.17, 15) is 0 Å². The third-order valence-corrected chi connectivity index (χ3v) is 14.1. The fourth-order valence-electron chi connectivity index (χ4n) is 8.32. The van der Waals surface area contributed by atoms with Gasteiger partial charge in [0.25, 0.3) is 0 Å². The number of hydrogen-bond donors (Lipinski definition) is 0. The van der Waals surface area contributed by atoms with Gasteiger partial charge in [0.1, 0.15) is 5.65 Å². The predicted molar refractivity (Wildman–Crippen MR) is 231 cm³/mol. The molecule has 55 heavy (non-hydrogen) atoms. The van der Waals surface area contributed by atoms with Crippen LogP contribution >= 0.6 is 7.14 Å². The lowest BCUT2D eigenvalue weighted by Crippen LogP contribution is -2.24. The van der Waals surface area contributed by atoms with E-state index in [0.29, 0.717) is 0 Å². The first-order chi connectivity index (χ1) is 27.1. The number of imidazole rings is 1. The molecule has 0 N–H and O–H groups in total. The summed E-state index contributed by atoms with van der Waals surface area (Å²) < 4.78 is 17.4. The maximum absolute atomic E-state index is 15.1. The molecule has 0 saturated carbocycles. The lowest BCUT2D eigenvalue weighted by Gasteiger charge is -2.20. The highest BCUT2D eigenvalue weighted by molar-refractivity contribution is 7.85. The van der Waals surface area contributed by atoms with Gasteiger partial charge in [0.15, 0.2) is 7.14 Å². The molecule has 0 saturated heterocycles. The normalized spacial score (nSPS) is 12.1. The maximum atomic E-state index is 15.1. The summed E-state index contributed by atoms with van der Waals surface area (Å²) in [4.78, 5) is 9.61. The molecule has 258 valence electrons. The van der Waals surface area contributed by atoms with Gasteiger partial charge >= 0.3 is 0 Å². The highest BCUT2D eigenvalue weighted by atomic mass is 31.2. The zero-order valence-electron chi connectivity index (χ0n) is 29.7. The van der Waals surface area contributed by atoms with Crippen LogP contribution in [0.1, 0.15) is 0 Å². The first-order valence-corrected chi connectivity index (χ1v) is 20.2. The Labute approximate surface area is 317 Å². The fourth-order valence-corrected chi connectivity index (χ4v) is 11.0. The lowest BCUT2D eigenvalue weighted by atomic mass is 9.96. The van der Waals surface area contributed by atoms with E-state index in [4.69, 9.17) is 4.98 Å². The quantitative estimate of drug-likeness (QED) is 0.101. The number of fused-ring (bicyclic) bond motifs is 10. The van der Waals surface area contributed by atoms with Crippen molar-refractivity contribution in [3.8, 4) is 22.3 Å². The molecule has 0 atom stereocenters. The maximum Gasteiger partial charge on any atom is 0.171 e. The number of aromatic nitrogens is 3. The van der Waals surface area contributed by atoms with Crippen LogP contribution in [0, 0.1) is 0 Å². The van der Waals surface area contributed by atoms with Gasteiger partial charge in [0.05, 0.1) is 16.6 Å². The first kappa shape index (κ1) is 31.6. The van der Waals surface area contributed by atoms with Gasteiger partial charge in [-0.1, -0.05) is 127 Å². The van der Waals surface area contributed by atoms with Crippen LogP contribution in [0.3, 0.4) is 0 Å². The average Bonchev–Trinajstić information content (AvgIpc) is 3.65. The van der Waals surface area contributed by atoms with E-state index in [1.165, 1.54) is 21.5 Å². The van der Waals surface area contributed by atoms with Crippen molar-refractivity contribution in [3.05, 3.63) is 194 Å². The van der Waals surface area contributed by atoms with Crippen molar-refractivity contribution >= 4 is 83.0 Å². The second-order valence-corrected chi connectivity index (χ2v) is 17.0. The Hall–Kier alpha value is -6.87. The van der Waals surface area contributed by atoms with E-state index >= 15 is 4.57 Å². The molecule has 0 radical (unpaired) electrons. The Morgan fingerprint density at radius 3 is 1.78 bits per heavy atom. The third-order valence-electron chi connectivity index (χ3n) is 11.1. The van der Waals surface area contributed by atoms with E-state index in [-0.39, 0.29) is 0 Å². The number of rotatable bonds is 5. The summed E-state index contributed by atoms with van der Waals surface area (Å²) in [5.74, 6) is 0. The Bertz CT molecular complexity index is 3300. The predicted octanol–water partition coefficient (Wildman–Crippen LogP) is 11.5. The van der Waals surface area contributed by atoms with Gasteiger partial charge in [-0.05, 0) is 98.2 Å². The van der Waals surface area contributed by atoms with Crippen LogP contribution in [0.15, 0.2) is 194 Å². The molecule has 0 spiro atoms. The van der Waals surface area contributed by atoms with Gasteiger partial charge in [0, 0.05) is 44.6 Å². The number of nitrogens with zero attached hydrogens (tertiary/aromatic N) is 3. The molecule has 3 aromatic heterocycles. The fraction of sp³-hybridized carbons (Fsp3) is 0. The van der Waals surface area contributed by atoms with E-state index in [0.717, 1.165) is 76.5 Å². The van der Waals surface area contributed by atoms with Crippen molar-refractivity contribution in [2.45, 2.75) is 0 Å². The van der Waals surface area contributed by atoms with Gasteiger partial charge in [-0.25, -0.2) is 4.98 Å². The van der Waals surface area contributed by atoms with Crippen LogP contribution in [-0.2, 0) is 4.57 Å². The topological polar surface area (TPSA) is 47.3 Å². The van der Waals surface area contributed by atoms with E-state index in [1.54, 1.807) is 6.20 Å². The van der Waals surface area contributed by atoms with Crippen molar-refractivity contribution < 1.29 is 4.57 Å². The molecular weight excluding hydrogens is 690 g/mol. The average molecular weight is 722 g/mol. The second kappa shape index (κ2) is 12.3. The lowest BCUT2D eigenvalue weighted by molar-refractivity contribution is 0.592. The van der Waals surface area contributed by atoms with Crippen LogP contribution in [-0.4, -0.2) is 14.4 Å². The molecule has 0 bridgehead atoms. The second-order valence-electron chi connectivity index (χ2n) is 14.2. The third kappa shape index (κ3) is 5.03. The van der Waals surface area contributed by atoms with Crippen LogP contribution in [0.2, 0.25) is 0 Å². The zero-order chi connectivity index (χ0) is 36.5. The molecular formula is C50H32N3OP. The largest absolute Gasteiger partial charge is 0.309 e. The van der Waals surface area contributed by atoms with Crippen LogP contribution in [0.5, 0.6) is 0 Å². The molecule has 5 heteroatoms. The summed E-state index contributed by atoms with van der Waals surface area (Å²) in [6, 6.07) is 63.1. The van der Waals surface area contributed by atoms with Gasteiger partial charge in [0.2, 0.25) is 0 Å². The molecule has 8 aromatic carbocycles. The van der Waals surface area contributed by atoms with Gasteiger partial charge in [-0.15, -0.1) is 0 Å². The molecule has 0 fully saturated rings. The molecule has 0 aliphatic heterocycles. The van der Waals surface area contributed by atoms with Gasteiger partial charge < -0.3 is 4.57 Å². The monoisotopic (exact) mass is 721 g/mol. The molecule has 11 rings (SSSR count). The van der Waals surface area contributed by atoms with Crippen molar-refractivity contribution in [1.29, 1.82) is 0 Å². The minimum Gasteiger partial charge on any atom is -0.309 e. The van der Waals surface area contributed by atoms with Crippen molar-refractivity contribution in [2.24, 2.45) is 0 Å². The van der Waals surface area contributed by atoms with Crippen molar-refractivity contribution in [2.75, 3.05) is 0 Å². The molecule has 11 aromatic rings. The van der Waals surface area contributed by atoms with E-state index in [1.807, 2.05) is 79.0 Å². The van der Waals surface area contributed by atoms with Crippen LogP contribution in [0.25, 0.3) is 82.2 Å². The minimum atomic E-state index is -3.08. The Balaban J connectivity index is 1.10. The van der Waals surface area contributed by atoms with E-state index in [2.05, 4.69) is 119 Å². The number of pyridine rings is 2. The molecule has 3 heterocycles. The van der Waals surface area contributed by atoms with Gasteiger partial charge in [-0.3, -0.25) is 9.38 Å². The smallest absolute Gasteiger partial charge is 0.171 e. The first-order valence-electron chi connectivity index (χ1n) is 18.5. The van der Waals surface area contributed by atoms with Crippen LogP contribution < -0.4 is 15.9 Å². The van der Waals surface area contributed by atoms with E-state index < -0.39 is 7.14 Å². The summed E-state index contributed by atoms with van der Waals surface area (Å²) in [7, 11) is -3.08. The van der Waals surface area contributed by atoms with Gasteiger partial charge in [-0.2, -0.15) is 0 Å². The van der Waals surface area contributed by atoms with Crippen molar-refractivity contribution in [3.63, 3.8) is 0 Å². The van der Waals surface area contributed by atoms with Crippen molar-refractivity contribution in [1.82, 2.24) is 14.4 Å². The zero-order valence-corrected chi connectivity index (χ0v) is 30.6. The summed E-state index contributed by atoms with van der Waals surface area (Å²) >= 11 is 0. The molecule has 0 amide bonds. The highest BCUT2D eigenvalue weighted by Crippen LogP contribution is 2.43. The Morgan fingerprint density at radius 1 is 0.418 bits per heavy atom.